The Morgan fingerprint density at radius 3 is 2.85 bits per heavy atom. The molecule has 0 fully saturated rings. The normalized spacial score (nSPS) is 9.08. The van der Waals surface area contributed by atoms with Crippen molar-refractivity contribution in [3.63, 3.8) is 0 Å². The third kappa shape index (κ3) is 3.88. The second-order valence-corrected chi connectivity index (χ2v) is 4.94. The Morgan fingerprint density at radius 2 is 2.15 bits per heavy atom. The molecule has 0 saturated heterocycles. The van der Waals surface area contributed by atoms with Crippen LogP contribution in [-0.4, -0.2) is 7.85 Å². The van der Waals surface area contributed by atoms with Gasteiger partial charge in [-0.3, -0.25) is 0 Å². The van der Waals surface area contributed by atoms with Crippen LogP contribution in [0.4, 0.5) is 0 Å². The van der Waals surface area contributed by atoms with Gasteiger partial charge < -0.3 is 0 Å². The quantitative estimate of drug-likeness (QED) is 0.338. The lowest BCUT2D eigenvalue weighted by Crippen LogP contribution is -2.01. The summed E-state index contributed by atoms with van der Waals surface area (Å²) in [5.41, 5.74) is 2.00. The monoisotopic (exact) mass is 316 g/mol. The molecule has 0 unspecified atom stereocenters. The van der Waals surface area contributed by atoms with Crippen LogP contribution in [-0.2, 0) is 0 Å². The molecular formula is C9H6BIS2. The topological polar surface area (TPSA) is 0 Å². The number of benzene rings is 1. The molecule has 0 nitrogen and oxygen atoms in total. The van der Waals surface area contributed by atoms with Crippen molar-refractivity contribution in [2.24, 2.45) is 0 Å². The summed E-state index contributed by atoms with van der Waals surface area (Å²) in [6, 6.07) is 5.86. The Hall–Kier alpha value is 0.275. The summed E-state index contributed by atoms with van der Waals surface area (Å²) < 4.78 is 0. The molecule has 4 heteroatoms. The van der Waals surface area contributed by atoms with E-state index in [9.17, 15) is 0 Å². The zero-order valence-electron chi connectivity index (χ0n) is 7.00. The molecule has 0 aliphatic heterocycles. The third-order valence-corrected chi connectivity index (χ3v) is 3.29. The molecule has 0 bridgehead atoms. The van der Waals surface area contributed by atoms with Crippen LogP contribution in [0.1, 0.15) is 5.56 Å². The number of hydrogen-bond acceptors (Lipinski definition) is 2. The maximum absolute atomic E-state index is 5.66. The van der Waals surface area contributed by atoms with Crippen molar-refractivity contribution in [1.29, 1.82) is 0 Å². The fraction of sp³-hybridized carbons (Fsp3) is 0.111. The molecule has 1 aromatic carbocycles. The van der Waals surface area contributed by atoms with Crippen molar-refractivity contribution in [1.82, 2.24) is 0 Å². The van der Waals surface area contributed by atoms with Crippen molar-refractivity contribution in [3.05, 3.63) is 23.8 Å². The van der Waals surface area contributed by atoms with E-state index in [-0.39, 0.29) is 0 Å². The van der Waals surface area contributed by atoms with E-state index in [0.717, 1.165) is 10.4 Å². The van der Waals surface area contributed by atoms with Gasteiger partial charge in [-0.2, -0.15) is 0 Å². The molecule has 0 saturated carbocycles. The van der Waals surface area contributed by atoms with Crippen LogP contribution in [0, 0.1) is 17.4 Å². The van der Waals surface area contributed by atoms with Crippen molar-refractivity contribution < 1.29 is 0 Å². The van der Waals surface area contributed by atoms with Crippen LogP contribution < -0.4 is 5.46 Å². The predicted octanol–water partition coefficient (Wildman–Crippen LogP) is 2.88. The minimum atomic E-state index is 0.789. The van der Waals surface area contributed by atoms with E-state index in [4.69, 9.17) is 7.85 Å². The van der Waals surface area contributed by atoms with Crippen LogP contribution in [0.3, 0.4) is 0 Å². The highest BCUT2D eigenvalue weighted by Crippen LogP contribution is 2.20. The van der Waals surface area contributed by atoms with E-state index in [1.165, 1.54) is 26.3 Å². The summed E-state index contributed by atoms with van der Waals surface area (Å²) in [5, 5.41) is 5.90. The second-order valence-electron chi connectivity index (χ2n) is 2.41. The Balaban J connectivity index is 2.81. The fourth-order valence-electron chi connectivity index (χ4n) is 0.818. The van der Waals surface area contributed by atoms with Gasteiger partial charge in [-0.25, -0.2) is 0 Å². The van der Waals surface area contributed by atoms with E-state index in [1.54, 1.807) is 0 Å². The molecule has 0 amide bonds. The van der Waals surface area contributed by atoms with Gasteiger partial charge in [0.1, 0.15) is 7.85 Å². The zero-order chi connectivity index (χ0) is 9.68. The molecule has 1 rings (SSSR count). The van der Waals surface area contributed by atoms with Gasteiger partial charge in [0, 0.05) is 26.1 Å². The summed E-state index contributed by atoms with van der Waals surface area (Å²) in [4.78, 5) is 1.14. The van der Waals surface area contributed by atoms with Crippen LogP contribution in [0.25, 0.3) is 0 Å². The van der Waals surface area contributed by atoms with E-state index < -0.39 is 0 Å². The molecule has 0 N–H and O–H groups in total. The first-order valence-electron chi connectivity index (χ1n) is 3.54. The van der Waals surface area contributed by atoms with Gasteiger partial charge in [0.25, 0.3) is 0 Å². The first-order chi connectivity index (χ1) is 6.24. The number of hydrogen-bond donors (Lipinski definition) is 0. The number of thioether (sulfide) groups is 1. The second kappa shape index (κ2) is 5.89. The smallest absolute Gasteiger partial charge is 0.0955 e. The molecule has 1 aromatic rings. The van der Waals surface area contributed by atoms with Crippen molar-refractivity contribution in [3.8, 4) is 10.5 Å². The zero-order valence-corrected chi connectivity index (χ0v) is 10.8. The summed E-state index contributed by atoms with van der Waals surface area (Å²) >= 11 is 3.67. The van der Waals surface area contributed by atoms with Gasteiger partial charge in [-0.05, 0) is 43.7 Å². The average Bonchev–Trinajstić information content (AvgIpc) is 2.11. The summed E-state index contributed by atoms with van der Waals surface area (Å²) in [6.07, 6.45) is 0. The molecule has 0 heterocycles. The van der Waals surface area contributed by atoms with Crippen LogP contribution in [0.5, 0.6) is 0 Å². The number of aryl methyl sites for hydroxylation is 1. The first kappa shape index (κ1) is 11.4. The lowest BCUT2D eigenvalue weighted by molar-refractivity contribution is 1.32. The van der Waals surface area contributed by atoms with Gasteiger partial charge in [0.2, 0.25) is 0 Å². The van der Waals surface area contributed by atoms with Gasteiger partial charge in [-0.15, -0.1) is 0 Å². The Morgan fingerprint density at radius 1 is 1.38 bits per heavy atom. The largest absolute Gasteiger partial charge is 0.113 e. The molecule has 2 radical (unpaired) electrons. The van der Waals surface area contributed by atoms with Crippen LogP contribution >= 0.6 is 41.9 Å². The van der Waals surface area contributed by atoms with Crippen molar-refractivity contribution in [2.45, 2.75) is 11.8 Å². The molecular weight excluding hydrogens is 310 g/mol. The lowest BCUT2D eigenvalue weighted by atomic mass is 9.95. The van der Waals surface area contributed by atoms with Gasteiger partial charge >= 0.3 is 0 Å². The SMILES string of the molecule is [B]c1ccc(C)c(SC#CSI)c1. The standard InChI is InChI=1S/C9H6BIS2/c1-7-2-3-8(10)6-9(7)12-4-5-13-11/h2-3,6H,1H3. The molecule has 13 heavy (non-hydrogen) atoms. The van der Waals surface area contributed by atoms with E-state index >= 15 is 0 Å². The molecule has 0 aliphatic rings. The molecule has 0 spiro atoms. The molecule has 0 aliphatic carbocycles. The van der Waals surface area contributed by atoms with Crippen LogP contribution in [0.15, 0.2) is 23.1 Å². The summed E-state index contributed by atoms with van der Waals surface area (Å²) in [6.45, 7) is 2.06. The average molecular weight is 316 g/mol. The van der Waals surface area contributed by atoms with Gasteiger partial charge in [0.05, 0.1) is 0 Å². The van der Waals surface area contributed by atoms with E-state index in [2.05, 4.69) is 38.6 Å². The lowest BCUT2D eigenvalue weighted by Gasteiger charge is -2.01. The summed E-state index contributed by atoms with van der Waals surface area (Å²) in [7, 11) is 7.15. The third-order valence-electron chi connectivity index (χ3n) is 1.45. The Bertz CT molecular complexity index is 354. The number of rotatable bonds is 1. The van der Waals surface area contributed by atoms with E-state index in [1.807, 2.05) is 18.2 Å². The highest BCUT2D eigenvalue weighted by molar-refractivity contribution is 14.2. The van der Waals surface area contributed by atoms with Gasteiger partial charge in [0.15, 0.2) is 0 Å². The maximum Gasteiger partial charge on any atom is 0.113 e. The minimum absolute atomic E-state index is 0.789. The maximum atomic E-state index is 5.66. The van der Waals surface area contributed by atoms with E-state index in [0.29, 0.717) is 0 Å². The first-order valence-corrected chi connectivity index (χ1v) is 7.72. The highest BCUT2D eigenvalue weighted by atomic mass is 127. The number of halogens is 1. The predicted molar refractivity (Wildman–Crippen MR) is 71.8 cm³/mol. The molecule has 0 atom stereocenters. The van der Waals surface area contributed by atoms with Crippen LogP contribution in [0.2, 0.25) is 0 Å². The van der Waals surface area contributed by atoms with Gasteiger partial charge in [-0.1, -0.05) is 23.7 Å². The Labute approximate surface area is 101 Å². The highest BCUT2D eigenvalue weighted by Gasteiger charge is 1.96. The molecule has 0 aromatic heterocycles. The van der Waals surface area contributed by atoms with Crippen molar-refractivity contribution in [2.75, 3.05) is 0 Å². The summed E-state index contributed by atoms with van der Waals surface area (Å²) in [5.74, 6) is 0. The minimum Gasteiger partial charge on any atom is -0.0955 e. The molecule has 64 valence electrons. The van der Waals surface area contributed by atoms with Crippen molar-refractivity contribution >= 4 is 55.2 Å². The fourth-order valence-corrected chi connectivity index (χ4v) is 2.45. The Kier molecular flexibility index (Phi) is 5.14.